The van der Waals surface area contributed by atoms with Crippen LogP contribution >= 0.6 is 11.6 Å². The van der Waals surface area contributed by atoms with Gasteiger partial charge in [0.25, 0.3) is 0 Å². The van der Waals surface area contributed by atoms with E-state index in [1.807, 2.05) is 26.8 Å². The standard InChI is InChI=1S/C34H50ClNO10/c1-18-13-24(12-10-9-11-23-15-25(23)35)44-31(38)21(4)34(40)16-27(20(3)28(46-34)19(2)26(14-18)41-7)45-32-30(42-8)33(6,39)29(36-17-37)22(5)43-32/h10,12,14,17,19-30,32,39-40H,13,15-16H2,1-8H3,(H,36,37). The fourth-order valence-electron chi connectivity index (χ4n) is 6.90. The number of fused-ring (bicyclic) bond motifs is 2. The summed E-state index contributed by atoms with van der Waals surface area (Å²) in [5.41, 5.74) is -0.602. The summed E-state index contributed by atoms with van der Waals surface area (Å²) in [6, 6.07) is -0.761. The molecule has 4 aliphatic rings. The van der Waals surface area contributed by atoms with Crippen LogP contribution in [-0.4, -0.2) is 103 Å². The minimum absolute atomic E-state index is 0.0873. The van der Waals surface area contributed by atoms with Crippen molar-refractivity contribution in [3.63, 3.8) is 0 Å². The van der Waals surface area contributed by atoms with Crippen LogP contribution in [0, 0.1) is 35.5 Å². The molecule has 1 saturated carbocycles. The minimum Gasteiger partial charge on any atom is -0.457 e. The lowest BCUT2D eigenvalue weighted by Gasteiger charge is -2.53. The molecule has 46 heavy (non-hydrogen) atoms. The second kappa shape index (κ2) is 15.0. The first-order valence-electron chi connectivity index (χ1n) is 16.0. The van der Waals surface area contributed by atoms with Crippen molar-refractivity contribution >= 4 is 24.0 Å². The smallest absolute Gasteiger partial charge is 0.314 e. The van der Waals surface area contributed by atoms with Gasteiger partial charge in [0.1, 0.15) is 23.7 Å². The van der Waals surface area contributed by atoms with Crippen LogP contribution in [0.15, 0.2) is 23.8 Å². The molecule has 3 heterocycles. The number of amides is 1. The molecule has 0 aromatic carbocycles. The van der Waals surface area contributed by atoms with E-state index < -0.39 is 72.2 Å². The third-order valence-electron chi connectivity index (χ3n) is 9.97. The number of rotatable bonds is 7. The van der Waals surface area contributed by atoms with Crippen molar-refractivity contribution in [2.24, 2.45) is 23.7 Å². The highest BCUT2D eigenvalue weighted by atomic mass is 35.5. The molecule has 2 saturated heterocycles. The van der Waals surface area contributed by atoms with Gasteiger partial charge in [-0.25, -0.2) is 0 Å². The van der Waals surface area contributed by atoms with Crippen LogP contribution in [0.5, 0.6) is 0 Å². The molecule has 1 amide bonds. The van der Waals surface area contributed by atoms with Crippen molar-refractivity contribution in [1.29, 1.82) is 0 Å². The Labute approximate surface area is 277 Å². The van der Waals surface area contributed by atoms with Gasteiger partial charge in [-0.3, -0.25) is 9.59 Å². The highest BCUT2D eigenvalue weighted by Gasteiger charge is 2.57. The number of carbonyl (C=O) groups is 2. The fraction of sp³-hybridized carbons (Fsp3) is 0.765. The van der Waals surface area contributed by atoms with Crippen LogP contribution in [0.2, 0.25) is 0 Å². The molecule has 15 unspecified atom stereocenters. The van der Waals surface area contributed by atoms with Gasteiger partial charge in [0.15, 0.2) is 12.1 Å². The highest BCUT2D eigenvalue weighted by molar-refractivity contribution is 6.22. The van der Waals surface area contributed by atoms with Gasteiger partial charge in [-0.15, -0.1) is 11.6 Å². The summed E-state index contributed by atoms with van der Waals surface area (Å²) in [5.74, 6) is 2.00. The van der Waals surface area contributed by atoms with Crippen molar-refractivity contribution in [1.82, 2.24) is 5.32 Å². The van der Waals surface area contributed by atoms with Gasteiger partial charge in [-0.05, 0) is 46.3 Å². The van der Waals surface area contributed by atoms with Crippen LogP contribution in [-0.2, 0) is 38.0 Å². The second-order valence-electron chi connectivity index (χ2n) is 13.5. The predicted octanol–water partition coefficient (Wildman–Crippen LogP) is 2.85. The Morgan fingerprint density at radius 2 is 1.85 bits per heavy atom. The average Bonchev–Trinajstić information content (AvgIpc) is 3.70. The molecule has 3 N–H and O–H groups in total. The van der Waals surface area contributed by atoms with Crippen LogP contribution in [0.1, 0.15) is 60.8 Å². The number of esters is 1. The van der Waals surface area contributed by atoms with Crippen LogP contribution in [0.25, 0.3) is 0 Å². The van der Waals surface area contributed by atoms with Crippen molar-refractivity contribution < 1.29 is 48.2 Å². The zero-order chi connectivity index (χ0) is 34.0. The van der Waals surface area contributed by atoms with Crippen LogP contribution < -0.4 is 5.32 Å². The molecule has 2 bridgehead atoms. The number of carbonyl (C=O) groups excluding carboxylic acids is 2. The van der Waals surface area contributed by atoms with Gasteiger partial charge >= 0.3 is 5.97 Å². The van der Waals surface area contributed by atoms with E-state index in [9.17, 15) is 19.8 Å². The maximum absolute atomic E-state index is 13.6. The van der Waals surface area contributed by atoms with E-state index in [1.54, 1.807) is 40.0 Å². The summed E-state index contributed by atoms with van der Waals surface area (Å²) in [7, 11) is 3.04. The summed E-state index contributed by atoms with van der Waals surface area (Å²) in [4.78, 5) is 24.9. The molecule has 3 fully saturated rings. The molecule has 4 rings (SSSR count). The third kappa shape index (κ3) is 7.99. The maximum Gasteiger partial charge on any atom is 0.314 e. The predicted molar refractivity (Wildman–Crippen MR) is 169 cm³/mol. The summed E-state index contributed by atoms with van der Waals surface area (Å²) in [6.45, 7) is 10.7. The Morgan fingerprint density at radius 1 is 1.15 bits per heavy atom. The zero-order valence-electron chi connectivity index (χ0n) is 28.0. The van der Waals surface area contributed by atoms with Crippen molar-refractivity contribution in [2.45, 2.75) is 127 Å². The molecule has 0 aromatic rings. The van der Waals surface area contributed by atoms with Crippen molar-refractivity contribution in [3.8, 4) is 11.8 Å². The monoisotopic (exact) mass is 667 g/mol. The molecule has 0 radical (unpaired) electrons. The Hall–Kier alpha value is -2.01. The molecule has 3 aliphatic heterocycles. The molecule has 258 valence electrons. The number of methoxy groups -OCH3 is 2. The lowest BCUT2D eigenvalue weighted by molar-refractivity contribution is -0.359. The van der Waals surface area contributed by atoms with E-state index in [0.29, 0.717) is 12.8 Å². The number of cyclic esters (lactones) is 1. The second-order valence-corrected chi connectivity index (χ2v) is 14.1. The van der Waals surface area contributed by atoms with E-state index in [2.05, 4.69) is 17.2 Å². The molecule has 0 spiro atoms. The minimum atomic E-state index is -1.97. The van der Waals surface area contributed by atoms with Gasteiger partial charge < -0.3 is 44.0 Å². The first-order chi connectivity index (χ1) is 21.7. The topological polar surface area (TPSA) is 142 Å². The number of halogens is 1. The number of hydrogen-bond donors (Lipinski definition) is 3. The summed E-state index contributed by atoms with van der Waals surface area (Å²) in [6.07, 6.45) is 2.09. The molecule has 0 aromatic heterocycles. The van der Waals surface area contributed by atoms with Gasteiger partial charge in [0, 0.05) is 50.2 Å². The lowest BCUT2D eigenvalue weighted by atomic mass is 9.77. The summed E-state index contributed by atoms with van der Waals surface area (Å²) < 4.78 is 36.6. The first-order valence-corrected chi connectivity index (χ1v) is 16.5. The number of aliphatic hydroxyl groups is 2. The Kier molecular flexibility index (Phi) is 12.0. The Balaban J connectivity index is 1.65. The largest absolute Gasteiger partial charge is 0.457 e. The lowest BCUT2D eigenvalue weighted by Crippen LogP contribution is -2.70. The summed E-state index contributed by atoms with van der Waals surface area (Å²) in [5, 5.41) is 26.2. The Bertz CT molecular complexity index is 1210. The SMILES string of the molecule is COC1C=C(C)CC(C=CC#CC2CC2Cl)OC(=O)C(C)C2(O)CC(OC3OC(C)C(NC=O)C(C)(O)C3OC)C(C)C(O2)C1C. The molecule has 12 heteroatoms. The van der Waals surface area contributed by atoms with Gasteiger partial charge in [-0.2, -0.15) is 0 Å². The molecule has 15 atom stereocenters. The average molecular weight is 668 g/mol. The third-order valence-corrected chi connectivity index (χ3v) is 10.5. The number of hydrogen-bond acceptors (Lipinski definition) is 10. The molecular weight excluding hydrogens is 618 g/mol. The van der Waals surface area contributed by atoms with Gasteiger partial charge in [0.2, 0.25) is 6.41 Å². The van der Waals surface area contributed by atoms with Crippen LogP contribution in [0.3, 0.4) is 0 Å². The van der Waals surface area contributed by atoms with Crippen LogP contribution in [0.4, 0.5) is 0 Å². The molecule has 1 aliphatic carbocycles. The molecule has 11 nitrogen and oxygen atoms in total. The number of allylic oxidation sites excluding steroid dienone is 1. The van der Waals surface area contributed by atoms with Crippen molar-refractivity contribution in [3.05, 3.63) is 23.8 Å². The van der Waals surface area contributed by atoms with Gasteiger partial charge in [0.05, 0.1) is 30.5 Å². The van der Waals surface area contributed by atoms with Gasteiger partial charge in [-0.1, -0.05) is 37.3 Å². The van der Waals surface area contributed by atoms with E-state index >= 15 is 0 Å². The molecular formula is C34H50ClNO10. The van der Waals surface area contributed by atoms with E-state index in [1.165, 1.54) is 7.11 Å². The van der Waals surface area contributed by atoms with E-state index in [4.69, 9.17) is 40.0 Å². The quantitative estimate of drug-likeness (QED) is 0.122. The maximum atomic E-state index is 13.6. The zero-order valence-corrected chi connectivity index (χ0v) is 28.7. The Morgan fingerprint density at radius 3 is 2.46 bits per heavy atom. The number of nitrogens with one attached hydrogen (secondary N) is 1. The van der Waals surface area contributed by atoms with E-state index in [0.717, 1.165) is 12.0 Å². The first kappa shape index (κ1) is 36.8. The highest BCUT2D eigenvalue weighted by Crippen LogP contribution is 2.44. The van der Waals surface area contributed by atoms with E-state index in [-0.39, 0.29) is 29.6 Å². The normalized spacial score (nSPS) is 46.5. The number of alkyl halides is 1. The fourth-order valence-corrected chi connectivity index (χ4v) is 7.16. The summed E-state index contributed by atoms with van der Waals surface area (Å²) >= 11 is 6.06. The van der Waals surface area contributed by atoms with Crippen molar-refractivity contribution in [2.75, 3.05) is 14.2 Å². The number of ether oxygens (including phenoxy) is 6.